The molecule has 0 aliphatic heterocycles. The van der Waals surface area contributed by atoms with Gasteiger partial charge in [0.2, 0.25) is 10.0 Å². The third kappa shape index (κ3) is 4.10. The molecule has 18 heavy (non-hydrogen) atoms. The molecule has 1 aliphatic rings. The fourth-order valence-electron chi connectivity index (χ4n) is 2.23. The second-order valence-corrected chi connectivity index (χ2v) is 6.77. The van der Waals surface area contributed by atoms with Gasteiger partial charge in [0.15, 0.2) is 5.82 Å². The van der Waals surface area contributed by atoms with Crippen LogP contribution in [0.3, 0.4) is 0 Å². The van der Waals surface area contributed by atoms with E-state index in [1.165, 1.54) is 18.8 Å². The van der Waals surface area contributed by atoms with Crippen LogP contribution >= 0.6 is 11.6 Å². The van der Waals surface area contributed by atoms with Crippen molar-refractivity contribution in [1.82, 2.24) is 9.97 Å². The summed E-state index contributed by atoms with van der Waals surface area (Å²) in [6, 6.07) is 0. The summed E-state index contributed by atoms with van der Waals surface area (Å²) >= 11 is 5.59. The summed E-state index contributed by atoms with van der Waals surface area (Å²) in [6.07, 6.45) is 8.09. The lowest BCUT2D eigenvalue weighted by atomic mass is 9.91. The van der Waals surface area contributed by atoms with Gasteiger partial charge in [0.05, 0.1) is 18.1 Å². The quantitative estimate of drug-likeness (QED) is 0.924. The smallest absolute Gasteiger partial charge is 0.234 e. The first-order chi connectivity index (χ1) is 8.55. The largest absolute Gasteiger partial charge is 0.266 e. The fourth-order valence-corrected chi connectivity index (χ4v) is 3.79. The minimum absolute atomic E-state index is 0.164. The van der Waals surface area contributed by atoms with Crippen molar-refractivity contribution in [3.63, 3.8) is 0 Å². The molecule has 100 valence electrons. The molecule has 1 saturated carbocycles. The number of hydrogen-bond donors (Lipinski definition) is 1. The SMILES string of the molecule is O=S(=O)(CC1CCCCC1)Nc1cnc(Cl)cn1. The third-order valence-electron chi connectivity index (χ3n) is 3.06. The van der Waals surface area contributed by atoms with Gasteiger partial charge in [-0.2, -0.15) is 0 Å². The monoisotopic (exact) mass is 289 g/mol. The number of hydrogen-bond acceptors (Lipinski definition) is 4. The molecule has 1 fully saturated rings. The number of nitrogens with zero attached hydrogens (tertiary/aromatic N) is 2. The maximum Gasteiger partial charge on any atom is 0.234 e. The van der Waals surface area contributed by atoms with E-state index in [4.69, 9.17) is 11.6 Å². The molecule has 2 rings (SSSR count). The van der Waals surface area contributed by atoms with Crippen LogP contribution in [0, 0.1) is 5.92 Å². The molecular weight excluding hydrogens is 274 g/mol. The Morgan fingerprint density at radius 3 is 2.56 bits per heavy atom. The maximum absolute atomic E-state index is 11.9. The highest BCUT2D eigenvalue weighted by Gasteiger charge is 2.21. The molecule has 0 radical (unpaired) electrons. The molecule has 5 nitrogen and oxygen atoms in total. The van der Waals surface area contributed by atoms with E-state index in [-0.39, 0.29) is 22.6 Å². The fraction of sp³-hybridized carbons (Fsp3) is 0.636. The number of anilines is 1. The van der Waals surface area contributed by atoms with Gasteiger partial charge in [-0.05, 0) is 18.8 Å². The highest BCUT2D eigenvalue weighted by molar-refractivity contribution is 7.92. The summed E-state index contributed by atoms with van der Waals surface area (Å²) in [4.78, 5) is 7.66. The lowest BCUT2D eigenvalue weighted by Crippen LogP contribution is -2.24. The minimum atomic E-state index is -3.34. The molecule has 0 bridgehead atoms. The summed E-state index contributed by atoms with van der Waals surface area (Å²) in [5, 5.41) is 0.241. The topological polar surface area (TPSA) is 72.0 Å². The first-order valence-electron chi connectivity index (χ1n) is 6.03. The lowest BCUT2D eigenvalue weighted by molar-refractivity contribution is 0.385. The molecule has 7 heteroatoms. The van der Waals surface area contributed by atoms with Gasteiger partial charge >= 0.3 is 0 Å². The average molecular weight is 290 g/mol. The number of rotatable bonds is 4. The maximum atomic E-state index is 11.9. The number of sulfonamides is 1. The van der Waals surface area contributed by atoms with Crippen LogP contribution in [-0.2, 0) is 10.0 Å². The van der Waals surface area contributed by atoms with E-state index in [0.717, 1.165) is 25.7 Å². The van der Waals surface area contributed by atoms with Crippen LogP contribution in [0.5, 0.6) is 0 Å². The van der Waals surface area contributed by atoms with Crippen LogP contribution in [0.2, 0.25) is 5.15 Å². The van der Waals surface area contributed by atoms with E-state index >= 15 is 0 Å². The van der Waals surface area contributed by atoms with Gasteiger partial charge in [-0.25, -0.2) is 18.4 Å². The standard InChI is InChI=1S/C11H16ClN3O2S/c12-10-6-14-11(7-13-10)15-18(16,17)8-9-4-2-1-3-5-9/h6-7,9H,1-5,8H2,(H,14,15). The van der Waals surface area contributed by atoms with Gasteiger partial charge in [-0.15, -0.1) is 0 Å². The molecule has 0 saturated heterocycles. The number of aromatic nitrogens is 2. The van der Waals surface area contributed by atoms with Crippen LogP contribution < -0.4 is 4.72 Å². The predicted octanol–water partition coefficient (Wildman–Crippen LogP) is 2.45. The van der Waals surface area contributed by atoms with E-state index in [1.54, 1.807) is 0 Å². The summed E-state index contributed by atoms with van der Waals surface area (Å²) in [5.41, 5.74) is 0. The first kappa shape index (κ1) is 13.5. The Kier molecular flexibility index (Phi) is 4.40. The highest BCUT2D eigenvalue weighted by atomic mass is 35.5. The first-order valence-corrected chi connectivity index (χ1v) is 8.06. The Bertz CT molecular complexity index is 484. The van der Waals surface area contributed by atoms with Crippen molar-refractivity contribution in [2.75, 3.05) is 10.5 Å². The van der Waals surface area contributed by atoms with Gasteiger partial charge in [0.1, 0.15) is 5.15 Å². The Labute approximate surface area is 112 Å². The van der Waals surface area contributed by atoms with E-state index in [1.807, 2.05) is 0 Å². The third-order valence-corrected chi connectivity index (χ3v) is 4.69. The van der Waals surface area contributed by atoms with Gasteiger partial charge in [-0.3, -0.25) is 4.72 Å². The number of nitrogens with one attached hydrogen (secondary N) is 1. The zero-order valence-electron chi connectivity index (χ0n) is 9.97. The van der Waals surface area contributed by atoms with E-state index < -0.39 is 10.0 Å². The molecule has 1 aromatic rings. The molecule has 1 heterocycles. The molecule has 0 aromatic carbocycles. The van der Waals surface area contributed by atoms with Crippen molar-refractivity contribution in [3.8, 4) is 0 Å². The Morgan fingerprint density at radius 2 is 1.94 bits per heavy atom. The molecule has 0 amide bonds. The van der Waals surface area contributed by atoms with E-state index in [9.17, 15) is 8.42 Å². The zero-order valence-corrected chi connectivity index (χ0v) is 11.5. The Morgan fingerprint density at radius 1 is 1.22 bits per heavy atom. The van der Waals surface area contributed by atoms with E-state index in [2.05, 4.69) is 14.7 Å². The van der Waals surface area contributed by atoms with Crippen LogP contribution in [-0.4, -0.2) is 24.1 Å². The van der Waals surface area contributed by atoms with Crippen molar-refractivity contribution in [3.05, 3.63) is 17.5 Å². The van der Waals surface area contributed by atoms with Crippen molar-refractivity contribution >= 4 is 27.4 Å². The van der Waals surface area contributed by atoms with Crippen LogP contribution in [0.25, 0.3) is 0 Å². The summed E-state index contributed by atoms with van der Waals surface area (Å²) in [6.45, 7) is 0. The molecule has 0 spiro atoms. The Hall–Kier alpha value is -0.880. The summed E-state index contributed by atoms with van der Waals surface area (Å²) in [7, 11) is -3.34. The second kappa shape index (κ2) is 5.84. The summed E-state index contributed by atoms with van der Waals surface area (Å²) in [5.74, 6) is 0.642. The molecular formula is C11H16ClN3O2S. The molecule has 0 unspecified atom stereocenters. The zero-order chi connectivity index (χ0) is 13.0. The van der Waals surface area contributed by atoms with Gasteiger partial charge in [-0.1, -0.05) is 30.9 Å². The van der Waals surface area contributed by atoms with Crippen molar-refractivity contribution in [2.45, 2.75) is 32.1 Å². The van der Waals surface area contributed by atoms with Crippen LogP contribution in [0.4, 0.5) is 5.82 Å². The highest BCUT2D eigenvalue weighted by Crippen LogP contribution is 2.25. The van der Waals surface area contributed by atoms with Crippen molar-refractivity contribution in [1.29, 1.82) is 0 Å². The van der Waals surface area contributed by atoms with Gasteiger partial charge in [0.25, 0.3) is 0 Å². The van der Waals surface area contributed by atoms with Crippen LogP contribution in [0.15, 0.2) is 12.4 Å². The normalized spacial score (nSPS) is 17.6. The van der Waals surface area contributed by atoms with Gasteiger partial charge < -0.3 is 0 Å². The lowest BCUT2D eigenvalue weighted by Gasteiger charge is -2.21. The van der Waals surface area contributed by atoms with Crippen molar-refractivity contribution < 1.29 is 8.42 Å². The van der Waals surface area contributed by atoms with Gasteiger partial charge in [0, 0.05) is 0 Å². The number of halogens is 1. The second-order valence-electron chi connectivity index (χ2n) is 4.61. The van der Waals surface area contributed by atoms with Crippen LogP contribution in [0.1, 0.15) is 32.1 Å². The average Bonchev–Trinajstić information content (AvgIpc) is 2.32. The predicted molar refractivity (Wildman–Crippen MR) is 71.0 cm³/mol. The Balaban J connectivity index is 1.96. The molecule has 1 aromatic heterocycles. The molecule has 1 N–H and O–H groups in total. The summed E-state index contributed by atoms with van der Waals surface area (Å²) < 4.78 is 26.3. The van der Waals surface area contributed by atoms with E-state index in [0.29, 0.717) is 0 Å². The molecule has 1 aliphatic carbocycles. The molecule has 0 atom stereocenters. The minimum Gasteiger partial charge on any atom is -0.266 e. The van der Waals surface area contributed by atoms with Crippen molar-refractivity contribution in [2.24, 2.45) is 5.92 Å².